The van der Waals surface area contributed by atoms with Gasteiger partial charge in [-0.3, -0.25) is 4.79 Å². The van der Waals surface area contributed by atoms with E-state index in [9.17, 15) is 13.2 Å². The van der Waals surface area contributed by atoms with Crippen molar-refractivity contribution in [1.82, 2.24) is 9.62 Å². The molecule has 168 valence electrons. The van der Waals surface area contributed by atoms with E-state index in [-0.39, 0.29) is 29.0 Å². The summed E-state index contributed by atoms with van der Waals surface area (Å²) in [5.74, 6) is -0.140. The summed E-state index contributed by atoms with van der Waals surface area (Å²) in [6, 6.07) is 17.5. The number of carbonyl (C=O) groups excluding carboxylic acids is 1. The van der Waals surface area contributed by atoms with Crippen LogP contribution in [0.3, 0.4) is 0 Å². The largest absolute Gasteiger partial charge is 0.349 e. The smallest absolute Gasteiger partial charge is 0.223 e. The maximum atomic E-state index is 12.8. The van der Waals surface area contributed by atoms with Crippen LogP contribution in [0.5, 0.6) is 0 Å². The maximum absolute atomic E-state index is 12.8. The Balaban J connectivity index is 1.53. The summed E-state index contributed by atoms with van der Waals surface area (Å²) in [6.07, 6.45) is 1.10. The predicted molar refractivity (Wildman–Crippen MR) is 125 cm³/mol. The third-order valence-corrected chi connectivity index (χ3v) is 7.90. The number of nitrogens with zero attached hydrogens (tertiary/aromatic N) is 1. The van der Waals surface area contributed by atoms with Crippen LogP contribution in [0.4, 0.5) is 0 Å². The Kier molecular flexibility index (Phi) is 7.22. The molecule has 0 bridgehead atoms. The Hall–Kier alpha value is -2.18. The van der Waals surface area contributed by atoms with E-state index >= 15 is 0 Å². The Labute approximate surface area is 186 Å². The van der Waals surface area contributed by atoms with E-state index in [4.69, 9.17) is 0 Å². The zero-order chi connectivity index (χ0) is 22.6. The summed E-state index contributed by atoms with van der Waals surface area (Å²) in [5.41, 5.74) is 3.22. The van der Waals surface area contributed by atoms with Crippen LogP contribution in [0.1, 0.15) is 63.3 Å². The van der Waals surface area contributed by atoms with Crippen molar-refractivity contribution < 1.29 is 13.2 Å². The molecule has 5 nitrogen and oxygen atoms in total. The van der Waals surface area contributed by atoms with Gasteiger partial charge in [0.2, 0.25) is 15.9 Å². The quantitative estimate of drug-likeness (QED) is 0.721. The highest BCUT2D eigenvalue weighted by Gasteiger charge is 2.31. The Morgan fingerprint density at radius 1 is 1.03 bits per heavy atom. The predicted octanol–water partition coefficient (Wildman–Crippen LogP) is 4.40. The molecule has 3 rings (SSSR count). The summed E-state index contributed by atoms with van der Waals surface area (Å²) < 4.78 is 27.0. The van der Waals surface area contributed by atoms with E-state index in [0.29, 0.717) is 25.9 Å². The molecule has 1 heterocycles. The van der Waals surface area contributed by atoms with E-state index in [1.165, 1.54) is 9.87 Å². The SMILES string of the molecule is C[C@@H](NC(=O)C1CCN(S(=O)(=O)Cc2ccccc2)CC1)c1ccc(C(C)(C)C)cc1. The number of nitrogens with one attached hydrogen (secondary N) is 1. The number of rotatable bonds is 6. The molecule has 1 saturated heterocycles. The van der Waals surface area contributed by atoms with Crippen molar-refractivity contribution >= 4 is 15.9 Å². The summed E-state index contributed by atoms with van der Waals surface area (Å²) in [7, 11) is -3.37. The summed E-state index contributed by atoms with van der Waals surface area (Å²) in [5, 5.41) is 3.11. The molecule has 0 aromatic heterocycles. The molecular weight excluding hydrogens is 408 g/mol. The zero-order valence-electron chi connectivity index (χ0n) is 19.0. The van der Waals surface area contributed by atoms with Crippen molar-refractivity contribution in [2.75, 3.05) is 13.1 Å². The molecule has 2 aromatic rings. The minimum absolute atomic E-state index is 0.00625. The van der Waals surface area contributed by atoms with Gasteiger partial charge in [0, 0.05) is 19.0 Å². The number of sulfonamides is 1. The fraction of sp³-hybridized carbons (Fsp3) is 0.480. The van der Waals surface area contributed by atoms with Gasteiger partial charge in [-0.05, 0) is 41.9 Å². The second-order valence-electron chi connectivity index (χ2n) is 9.52. The van der Waals surface area contributed by atoms with Crippen LogP contribution >= 0.6 is 0 Å². The molecule has 1 aliphatic heterocycles. The topological polar surface area (TPSA) is 66.5 Å². The molecular formula is C25H34N2O3S. The van der Waals surface area contributed by atoms with Crippen molar-refractivity contribution in [3.63, 3.8) is 0 Å². The van der Waals surface area contributed by atoms with E-state index in [2.05, 4.69) is 50.4 Å². The monoisotopic (exact) mass is 442 g/mol. The molecule has 0 radical (unpaired) electrons. The highest BCUT2D eigenvalue weighted by atomic mass is 32.2. The first-order valence-corrected chi connectivity index (χ1v) is 12.6. The van der Waals surface area contributed by atoms with Gasteiger partial charge < -0.3 is 5.32 Å². The van der Waals surface area contributed by atoms with E-state index < -0.39 is 10.0 Å². The van der Waals surface area contributed by atoms with Crippen LogP contribution in [-0.2, 0) is 26.0 Å². The molecule has 1 N–H and O–H groups in total. The third kappa shape index (κ3) is 6.17. The van der Waals surface area contributed by atoms with Gasteiger partial charge in [0.1, 0.15) is 0 Å². The zero-order valence-corrected chi connectivity index (χ0v) is 19.8. The summed E-state index contributed by atoms with van der Waals surface area (Å²) >= 11 is 0. The van der Waals surface area contributed by atoms with Gasteiger partial charge in [0.05, 0.1) is 11.8 Å². The average molecular weight is 443 g/mol. The number of piperidine rings is 1. The number of hydrogen-bond donors (Lipinski definition) is 1. The van der Waals surface area contributed by atoms with Crippen LogP contribution in [0.25, 0.3) is 0 Å². The van der Waals surface area contributed by atoms with Gasteiger partial charge in [-0.1, -0.05) is 75.4 Å². The first kappa shape index (κ1) is 23.5. The fourth-order valence-corrected chi connectivity index (χ4v) is 5.52. The third-order valence-electron chi connectivity index (χ3n) is 6.05. The molecule has 1 amide bonds. The Morgan fingerprint density at radius 3 is 2.16 bits per heavy atom. The number of hydrogen-bond acceptors (Lipinski definition) is 3. The lowest BCUT2D eigenvalue weighted by Crippen LogP contribution is -2.43. The molecule has 0 unspecified atom stereocenters. The molecule has 1 atom stereocenters. The van der Waals surface area contributed by atoms with Gasteiger partial charge in [-0.25, -0.2) is 12.7 Å². The first-order valence-electron chi connectivity index (χ1n) is 11.0. The lowest BCUT2D eigenvalue weighted by molar-refractivity contribution is -0.126. The molecule has 0 aliphatic carbocycles. The molecule has 1 fully saturated rings. The minimum Gasteiger partial charge on any atom is -0.349 e. The standard InChI is InChI=1S/C25H34N2O3S/c1-19(21-10-12-23(13-11-21)25(2,3)4)26-24(28)22-14-16-27(17-15-22)31(29,30)18-20-8-6-5-7-9-20/h5-13,19,22H,14-18H2,1-4H3,(H,26,28)/t19-/m1/s1. The van der Waals surface area contributed by atoms with Crippen molar-refractivity contribution in [1.29, 1.82) is 0 Å². The van der Waals surface area contributed by atoms with Crippen molar-refractivity contribution in [2.45, 2.75) is 57.7 Å². The van der Waals surface area contributed by atoms with Gasteiger partial charge >= 0.3 is 0 Å². The summed E-state index contributed by atoms with van der Waals surface area (Å²) in [6.45, 7) is 9.31. The van der Waals surface area contributed by atoms with Gasteiger partial charge in [0.25, 0.3) is 0 Å². The van der Waals surface area contributed by atoms with Gasteiger partial charge in [0.15, 0.2) is 0 Å². The van der Waals surface area contributed by atoms with Gasteiger partial charge in [-0.2, -0.15) is 0 Å². The Bertz CT molecular complexity index is 972. The van der Waals surface area contributed by atoms with Crippen LogP contribution in [0, 0.1) is 5.92 Å². The van der Waals surface area contributed by atoms with Crippen molar-refractivity contribution in [3.8, 4) is 0 Å². The van der Waals surface area contributed by atoms with E-state index in [0.717, 1.165) is 11.1 Å². The minimum atomic E-state index is -3.37. The van der Waals surface area contributed by atoms with E-state index in [1.54, 1.807) is 0 Å². The molecule has 0 spiro atoms. The number of amides is 1. The highest BCUT2D eigenvalue weighted by Crippen LogP contribution is 2.25. The van der Waals surface area contributed by atoms with Crippen LogP contribution in [0.15, 0.2) is 54.6 Å². The second-order valence-corrected chi connectivity index (χ2v) is 11.5. The number of benzene rings is 2. The lowest BCUT2D eigenvalue weighted by Gasteiger charge is -2.31. The molecule has 0 saturated carbocycles. The van der Waals surface area contributed by atoms with Crippen LogP contribution < -0.4 is 5.32 Å². The Morgan fingerprint density at radius 2 is 1.61 bits per heavy atom. The average Bonchev–Trinajstić information content (AvgIpc) is 2.73. The van der Waals surface area contributed by atoms with Crippen LogP contribution in [0.2, 0.25) is 0 Å². The van der Waals surface area contributed by atoms with E-state index in [1.807, 2.05) is 37.3 Å². The normalized spacial score (nSPS) is 17.3. The lowest BCUT2D eigenvalue weighted by atomic mass is 9.86. The first-order chi connectivity index (χ1) is 14.6. The molecule has 31 heavy (non-hydrogen) atoms. The second kappa shape index (κ2) is 9.53. The molecule has 2 aromatic carbocycles. The van der Waals surface area contributed by atoms with Gasteiger partial charge in [-0.15, -0.1) is 0 Å². The van der Waals surface area contributed by atoms with Crippen molar-refractivity contribution in [3.05, 3.63) is 71.3 Å². The molecule has 1 aliphatic rings. The molecule has 6 heteroatoms. The summed E-state index contributed by atoms with van der Waals surface area (Å²) in [4.78, 5) is 12.8. The fourth-order valence-electron chi connectivity index (χ4n) is 3.96. The number of carbonyl (C=O) groups is 1. The van der Waals surface area contributed by atoms with Crippen LogP contribution in [-0.4, -0.2) is 31.7 Å². The highest BCUT2D eigenvalue weighted by molar-refractivity contribution is 7.88. The van der Waals surface area contributed by atoms with Crippen molar-refractivity contribution in [2.24, 2.45) is 5.92 Å². The maximum Gasteiger partial charge on any atom is 0.223 e.